The largest absolute Gasteiger partial charge is 0.573 e. The van der Waals surface area contributed by atoms with E-state index in [4.69, 9.17) is 0 Å². The third-order valence-corrected chi connectivity index (χ3v) is 6.08. The highest BCUT2D eigenvalue weighted by atomic mass is 32.1. The Balaban J connectivity index is 1.15. The zero-order valence-corrected chi connectivity index (χ0v) is 21.6. The molecule has 3 heterocycles. The number of hydrogen-bond donors (Lipinski definition) is 3. The lowest BCUT2D eigenvalue weighted by Gasteiger charge is -2.10. The van der Waals surface area contributed by atoms with Gasteiger partial charge in [0.1, 0.15) is 10.8 Å². The molecule has 0 aliphatic heterocycles. The van der Waals surface area contributed by atoms with Crippen LogP contribution in [0.2, 0.25) is 0 Å². The molecule has 11 nitrogen and oxygen atoms in total. The minimum atomic E-state index is -4.81. The van der Waals surface area contributed by atoms with Crippen LogP contribution in [0.15, 0.2) is 60.9 Å². The molecular formula is C25H23F3N8O3S. The second kappa shape index (κ2) is 13.4. The molecule has 3 amide bonds. The number of alkyl halides is 3. The summed E-state index contributed by atoms with van der Waals surface area (Å²) in [4.78, 5) is 28.2. The number of amides is 3. The SMILES string of the molecule is O=C(Cc1cccc(OC(F)(F)F)c1)Nc1ccc(CCCCc2nnc(NC(=O)Nc3ccncc3)s2)nn1. The van der Waals surface area contributed by atoms with E-state index in [0.717, 1.165) is 35.7 Å². The number of benzene rings is 1. The molecule has 0 fully saturated rings. The molecule has 3 N–H and O–H groups in total. The first-order chi connectivity index (χ1) is 19.2. The van der Waals surface area contributed by atoms with Crippen LogP contribution in [0, 0.1) is 0 Å². The van der Waals surface area contributed by atoms with Crippen LogP contribution in [-0.2, 0) is 24.1 Å². The lowest BCUT2D eigenvalue weighted by Crippen LogP contribution is -2.19. The molecule has 15 heteroatoms. The topological polar surface area (TPSA) is 144 Å². The summed E-state index contributed by atoms with van der Waals surface area (Å²) in [5.41, 5.74) is 1.71. The number of halogens is 3. The van der Waals surface area contributed by atoms with Gasteiger partial charge in [0.05, 0.1) is 12.1 Å². The fourth-order valence-corrected chi connectivity index (χ4v) is 4.24. The van der Waals surface area contributed by atoms with Gasteiger partial charge in [0, 0.05) is 24.5 Å². The lowest BCUT2D eigenvalue weighted by atomic mass is 10.1. The van der Waals surface area contributed by atoms with Crippen LogP contribution in [0.3, 0.4) is 0 Å². The van der Waals surface area contributed by atoms with Crippen molar-refractivity contribution in [3.8, 4) is 5.75 Å². The van der Waals surface area contributed by atoms with Gasteiger partial charge >= 0.3 is 12.4 Å². The molecule has 0 unspecified atom stereocenters. The molecule has 0 saturated heterocycles. The summed E-state index contributed by atoms with van der Waals surface area (Å²) < 4.78 is 41.0. The van der Waals surface area contributed by atoms with Gasteiger partial charge in [-0.2, -0.15) is 5.10 Å². The van der Waals surface area contributed by atoms with Crippen LogP contribution in [0.1, 0.15) is 29.1 Å². The van der Waals surface area contributed by atoms with E-state index in [-0.39, 0.29) is 12.2 Å². The van der Waals surface area contributed by atoms with Crippen LogP contribution in [-0.4, -0.2) is 43.7 Å². The number of hydrogen-bond acceptors (Lipinski definition) is 9. The second-order valence-electron chi connectivity index (χ2n) is 8.35. The first-order valence-electron chi connectivity index (χ1n) is 12.0. The highest BCUT2D eigenvalue weighted by molar-refractivity contribution is 7.15. The van der Waals surface area contributed by atoms with E-state index in [1.54, 1.807) is 36.7 Å². The molecule has 1 aromatic carbocycles. The minimum Gasteiger partial charge on any atom is -0.406 e. The molecule has 3 aromatic heterocycles. The number of nitrogens with one attached hydrogen (secondary N) is 3. The van der Waals surface area contributed by atoms with E-state index < -0.39 is 24.1 Å². The summed E-state index contributed by atoms with van der Waals surface area (Å²) in [5, 5.41) is 25.3. The summed E-state index contributed by atoms with van der Waals surface area (Å²) in [5.74, 6) is -0.611. The third kappa shape index (κ3) is 9.58. The van der Waals surface area contributed by atoms with Crippen molar-refractivity contribution in [1.29, 1.82) is 0 Å². The van der Waals surface area contributed by atoms with Gasteiger partial charge in [0.25, 0.3) is 0 Å². The first-order valence-corrected chi connectivity index (χ1v) is 12.8. The Morgan fingerprint density at radius 3 is 2.42 bits per heavy atom. The van der Waals surface area contributed by atoms with Crippen LogP contribution in [0.4, 0.5) is 34.6 Å². The van der Waals surface area contributed by atoms with Crippen LogP contribution < -0.4 is 20.7 Å². The molecule has 0 bridgehead atoms. The quantitative estimate of drug-likeness (QED) is 0.213. The summed E-state index contributed by atoms with van der Waals surface area (Å²) in [7, 11) is 0. The smallest absolute Gasteiger partial charge is 0.406 e. The van der Waals surface area contributed by atoms with E-state index in [1.807, 2.05) is 0 Å². The lowest BCUT2D eigenvalue weighted by molar-refractivity contribution is -0.274. The second-order valence-corrected chi connectivity index (χ2v) is 9.42. The molecule has 0 radical (unpaired) electrons. The molecule has 4 aromatic rings. The molecule has 0 aliphatic carbocycles. The number of unbranched alkanes of at least 4 members (excludes halogenated alkanes) is 1. The average molecular weight is 573 g/mol. The molecule has 0 spiro atoms. The van der Waals surface area contributed by atoms with Crippen molar-refractivity contribution in [3.05, 3.63) is 77.2 Å². The van der Waals surface area contributed by atoms with Crippen molar-refractivity contribution >= 4 is 39.9 Å². The van der Waals surface area contributed by atoms with E-state index in [9.17, 15) is 22.8 Å². The van der Waals surface area contributed by atoms with Gasteiger partial charge in [-0.15, -0.1) is 28.5 Å². The molecule has 0 aliphatic rings. The fraction of sp³-hybridized carbons (Fsp3) is 0.240. The molecule has 208 valence electrons. The maximum atomic E-state index is 12.4. The maximum absolute atomic E-state index is 12.4. The van der Waals surface area contributed by atoms with Crippen LogP contribution in [0.25, 0.3) is 0 Å². The van der Waals surface area contributed by atoms with Gasteiger partial charge < -0.3 is 15.4 Å². The standard InChI is InChI=1S/C25H23F3N8O3S/c26-25(27,28)39-19-6-3-4-16(14-19)15-21(37)31-20-9-8-18(33-34-20)5-1-2-7-22-35-36-24(40-22)32-23(38)30-17-10-12-29-13-11-17/h3-4,6,8-14H,1-2,5,7,15H2,(H,31,34,37)(H2,29,30,32,36,38). The van der Waals surface area contributed by atoms with Crippen molar-refractivity contribution in [1.82, 2.24) is 25.4 Å². The molecule has 0 saturated carbocycles. The number of aromatic nitrogens is 5. The van der Waals surface area contributed by atoms with Crippen LogP contribution >= 0.6 is 11.3 Å². The maximum Gasteiger partial charge on any atom is 0.573 e. The summed E-state index contributed by atoms with van der Waals surface area (Å²) >= 11 is 1.30. The van der Waals surface area contributed by atoms with E-state index >= 15 is 0 Å². The number of aryl methyl sites for hydroxylation is 2. The van der Waals surface area contributed by atoms with Crippen LogP contribution in [0.5, 0.6) is 5.75 Å². The van der Waals surface area contributed by atoms with Crippen molar-refractivity contribution in [3.63, 3.8) is 0 Å². The Morgan fingerprint density at radius 2 is 1.68 bits per heavy atom. The molecule has 40 heavy (non-hydrogen) atoms. The number of rotatable bonds is 11. The van der Waals surface area contributed by atoms with E-state index in [2.05, 4.69) is 46.1 Å². The summed E-state index contributed by atoms with van der Waals surface area (Å²) in [6, 6.07) is 11.5. The predicted molar refractivity (Wildman–Crippen MR) is 141 cm³/mol. The summed E-state index contributed by atoms with van der Waals surface area (Å²) in [6.45, 7) is 0. The number of anilines is 3. The Bertz CT molecular complexity index is 1420. The fourth-order valence-electron chi connectivity index (χ4n) is 3.47. The monoisotopic (exact) mass is 572 g/mol. The average Bonchev–Trinajstić information content (AvgIpc) is 3.34. The van der Waals surface area contributed by atoms with Crippen molar-refractivity contribution < 1.29 is 27.5 Å². The minimum absolute atomic E-state index is 0.156. The van der Waals surface area contributed by atoms with Crippen molar-refractivity contribution in [2.45, 2.75) is 38.5 Å². The molecular weight excluding hydrogens is 549 g/mol. The third-order valence-electron chi connectivity index (χ3n) is 5.18. The Kier molecular flexibility index (Phi) is 9.51. The van der Waals surface area contributed by atoms with E-state index in [0.29, 0.717) is 29.2 Å². The zero-order valence-electron chi connectivity index (χ0n) is 20.8. The van der Waals surface area contributed by atoms with E-state index in [1.165, 1.54) is 23.5 Å². The van der Waals surface area contributed by atoms with Gasteiger partial charge in [-0.25, -0.2) is 4.79 Å². The van der Waals surface area contributed by atoms with Gasteiger partial charge in [0.2, 0.25) is 11.0 Å². The van der Waals surface area contributed by atoms with Gasteiger partial charge in [-0.3, -0.25) is 15.1 Å². The number of urea groups is 1. The summed E-state index contributed by atoms with van der Waals surface area (Å²) in [6.07, 6.45) is 1.15. The van der Waals surface area contributed by atoms with Crippen molar-refractivity contribution in [2.24, 2.45) is 0 Å². The highest BCUT2D eigenvalue weighted by Gasteiger charge is 2.31. The normalized spacial score (nSPS) is 11.1. The number of carbonyl (C=O) groups excluding carboxylic acids is 2. The van der Waals surface area contributed by atoms with Gasteiger partial charge in [0.15, 0.2) is 5.82 Å². The first kappa shape index (κ1) is 28.4. The number of ether oxygens (including phenoxy) is 1. The van der Waals surface area contributed by atoms with Gasteiger partial charge in [-0.1, -0.05) is 23.5 Å². The Labute approximate surface area is 230 Å². The number of nitrogens with zero attached hydrogens (tertiary/aromatic N) is 5. The zero-order chi connectivity index (χ0) is 28.4. The van der Waals surface area contributed by atoms with Crippen molar-refractivity contribution in [2.75, 3.05) is 16.0 Å². The molecule has 4 rings (SSSR count). The molecule has 0 atom stereocenters. The number of carbonyl (C=O) groups is 2. The Morgan fingerprint density at radius 1 is 0.875 bits per heavy atom. The Hall–Kier alpha value is -4.66. The predicted octanol–water partition coefficient (Wildman–Crippen LogP) is 5.01. The van der Waals surface area contributed by atoms with Gasteiger partial charge in [-0.05, 0) is 61.2 Å². The highest BCUT2D eigenvalue weighted by Crippen LogP contribution is 2.23. The number of pyridine rings is 1.